The van der Waals surface area contributed by atoms with E-state index in [1.165, 1.54) is 38.5 Å². The minimum atomic E-state index is 0.280. The van der Waals surface area contributed by atoms with Crippen LogP contribution in [-0.2, 0) is 4.74 Å². The Morgan fingerprint density at radius 2 is 2.15 bits per heavy atom. The smallest absolute Gasteiger partial charge is 0.141 e. The zero-order chi connectivity index (χ0) is 17.6. The lowest BCUT2D eigenvalue weighted by Gasteiger charge is -2.29. The van der Waals surface area contributed by atoms with Crippen LogP contribution < -0.4 is 5.32 Å². The highest BCUT2D eigenvalue weighted by atomic mass is 16.5. The van der Waals surface area contributed by atoms with Crippen molar-refractivity contribution in [3.63, 3.8) is 0 Å². The number of hydrogen-bond acceptors (Lipinski definition) is 5. The van der Waals surface area contributed by atoms with Crippen molar-refractivity contribution in [2.75, 3.05) is 20.3 Å². The van der Waals surface area contributed by atoms with Gasteiger partial charge in [0.15, 0.2) is 0 Å². The van der Waals surface area contributed by atoms with Crippen molar-refractivity contribution >= 4 is 16.6 Å². The molecule has 0 unspecified atom stereocenters. The van der Waals surface area contributed by atoms with Crippen molar-refractivity contribution in [3.8, 4) is 0 Å². The standard InChI is InChI=1S/C19H26N6O/c1-26-11-19(7-8-19)22-10-13-2-4-14(5-3-13)16-17-15-6-9-20-18(15)21-12-25(17)24-23-16/h6,9,12-14,20,22H,2-5,7-8,10-11H2,1H3. The largest absolute Gasteiger partial charge is 0.383 e. The molecular formula is C19H26N6O. The number of nitrogens with zero attached hydrogens (tertiary/aromatic N) is 4. The number of fused-ring (bicyclic) bond motifs is 3. The molecular weight excluding hydrogens is 328 g/mol. The summed E-state index contributed by atoms with van der Waals surface area (Å²) >= 11 is 0. The molecule has 2 fully saturated rings. The summed E-state index contributed by atoms with van der Waals surface area (Å²) in [6.07, 6.45) is 11.1. The number of aromatic amines is 1. The monoisotopic (exact) mass is 354 g/mol. The molecule has 26 heavy (non-hydrogen) atoms. The summed E-state index contributed by atoms with van der Waals surface area (Å²) in [7, 11) is 1.80. The fourth-order valence-corrected chi connectivity index (χ4v) is 4.49. The van der Waals surface area contributed by atoms with Gasteiger partial charge in [0.1, 0.15) is 17.5 Å². The van der Waals surface area contributed by atoms with E-state index in [2.05, 4.69) is 31.7 Å². The minimum absolute atomic E-state index is 0.280. The van der Waals surface area contributed by atoms with Crippen molar-refractivity contribution in [2.24, 2.45) is 5.92 Å². The fourth-order valence-electron chi connectivity index (χ4n) is 4.49. The molecule has 7 heteroatoms. The molecule has 2 N–H and O–H groups in total. The Morgan fingerprint density at radius 3 is 2.92 bits per heavy atom. The van der Waals surface area contributed by atoms with Crippen LogP contribution in [0.1, 0.15) is 50.1 Å². The SMILES string of the molecule is COCC1(NCC2CCC(c3nnn4cnc5[nH]ccc5c34)CC2)CC1. The zero-order valence-corrected chi connectivity index (χ0v) is 15.2. The highest BCUT2D eigenvalue weighted by Crippen LogP contribution is 2.39. The van der Waals surface area contributed by atoms with Gasteiger partial charge in [-0.2, -0.15) is 0 Å². The average Bonchev–Trinajstić information content (AvgIpc) is 3.08. The van der Waals surface area contributed by atoms with E-state index >= 15 is 0 Å². The summed E-state index contributed by atoms with van der Waals surface area (Å²) in [5.74, 6) is 1.26. The topological polar surface area (TPSA) is 80.1 Å². The lowest BCUT2D eigenvalue weighted by molar-refractivity contribution is 0.152. The number of ether oxygens (including phenoxy) is 1. The molecule has 0 radical (unpaired) electrons. The maximum atomic E-state index is 5.36. The first kappa shape index (κ1) is 16.2. The zero-order valence-electron chi connectivity index (χ0n) is 15.2. The van der Waals surface area contributed by atoms with E-state index in [1.807, 2.05) is 10.7 Å². The molecule has 0 amide bonds. The molecule has 7 nitrogen and oxygen atoms in total. The van der Waals surface area contributed by atoms with Gasteiger partial charge in [0.2, 0.25) is 0 Å². The minimum Gasteiger partial charge on any atom is -0.383 e. The third-order valence-electron chi connectivity index (χ3n) is 6.27. The molecule has 3 heterocycles. The first-order chi connectivity index (χ1) is 12.8. The van der Waals surface area contributed by atoms with E-state index in [-0.39, 0.29) is 5.54 Å². The third kappa shape index (κ3) is 2.79. The normalized spacial score (nSPS) is 25.1. The Hall–Kier alpha value is -1.99. The van der Waals surface area contributed by atoms with Gasteiger partial charge in [-0.15, -0.1) is 5.10 Å². The van der Waals surface area contributed by atoms with E-state index in [4.69, 9.17) is 4.74 Å². The van der Waals surface area contributed by atoms with Gasteiger partial charge in [0, 0.05) is 30.1 Å². The molecule has 0 aromatic carbocycles. The summed E-state index contributed by atoms with van der Waals surface area (Å²) in [5.41, 5.74) is 3.45. The second-order valence-electron chi connectivity index (χ2n) is 8.06. The first-order valence-corrected chi connectivity index (χ1v) is 9.69. The molecule has 3 aromatic heterocycles. The fraction of sp³-hybridized carbons (Fsp3) is 0.632. The molecule has 0 saturated heterocycles. The van der Waals surface area contributed by atoms with E-state index in [1.54, 1.807) is 13.4 Å². The van der Waals surface area contributed by atoms with E-state index in [9.17, 15) is 0 Å². The van der Waals surface area contributed by atoms with Gasteiger partial charge in [-0.3, -0.25) is 0 Å². The van der Waals surface area contributed by atoms with Gasteiger partial charge in [-0.25, -0.2) is 9.50 Å². The number of rotatable bonds is 6. The van der Waals surface area contributed by atoms with Crippen molar-refractivity contribution in [1.82, 2.24) is 30.1 Å². The van der Waals surface area contributed by atoms with Crippen molar-refractivity contribution in [2.45, 2.75) is 50.0 Å². The van der Waals surface area contributed by atoms with Gasteiger partial charge < -0.3 is 15.0 Å². The summed E-state index contributed by atoms with van der Waals surface area (Å²) in [6, 6.07) is 2.07. The Kier molecular flexibility index (Phi) is 3.94. The van der Waals surface area contributed by atoms with Gasteiger partial charge in [-0.05, 0) is 57.1 Å². The molecule has 0 aliphatic heterocycles. The van der Waals surface area contributed by atoms with Crippen LogP contribution in [0.25, 0.3) is 16.6 Å². The van der Waals surface area contributed by atoms with Crippen LogP contribution in [0.4, 0.5) is 0 Å². The maximum absolute atomic E-state index is 5.36. The molecule has 5 rings (SSSR count). The molecule has 0 bridgehead atoms. The highest BCUT2D eigenvalue weighted by molar-refractivity contribution is 5.92. The summed E-state index contributed by atoms with van der Waals surface area (Å²) < 4.78 is 7.18. The van der Waals surface area contributed by atoms with E-state index < -0.39 is 0 Å². The third-order valence-corrected chi connectivity index (χ3v) is 6.27. The van der Waals surface area contributed by atoms with Gasteiger partial charge in [0.05, 0.1) is 12.3 Å². The molecule has 2 aliphatic rings. The Morgan fingerprint density at radius 1 is 1.31 bits per heavy atom. The average molecular weight is 354 g/mol. The lowest BCUT2D eigenvalue weighted by atomic mass is 9.80. The number of hydrogen-bond donors (Lipinski definition) is 2. The Labute approximate surface area is 152 Å². The highest BCUT2D eigenvalue weighted by Gasteiger charge is 2.42. The van der Waals surface area contributed by atoms with Crippen LogP contribution in [0.5, 0.6) is 0 Å². The number of nitrogens with one attached hydrogen (secondary N) is 2. The predicted molar refractivity (Wildman–Crippen MR) is 99.2 cm³/mol. The van der Waals surface area contributed by atoms with Gasteiger partial charge >= 0.3 is 0 Å². The van der Waals surface area contributed by atoms with Crippen LogP contribution in [0, 0.1) is 5.92 Å². The predicted octanol–water partition coefficient (Wildman–Crippen LogP) is 2.65. The first-order valence-electron chi connectivity index (χ1n) is 9.69. The van der Waals surface area contributed by atoms with Crippen molar-refractivity contribution in [3.05, 3.63) is 24.3 Å². The van der Waals surface area contributed by atoms with Crippen LogP contribution in [0.2, 0.25) is 0 Å². The van der Waals surface area contributed by atoms with Crippen LogP contribution >= 0.6 is 0 Å². The molecule has 138 valence electrons. The van der Waals surface area contributed by atoms with Crippen LogP contribution in [0.3, 0.4) is 0 Å². The number of methoxy groups -OCH3 is 1. The molecule has 2 saturated carbocycles. The van der Waals surface area contributed by atoms with Crippen molar-refractivity contribution < 1.29 is 4.74 Å². The van der Waals surface area contributed by atoms with Gasteiger partial charge in [-0.1, -0.05) is 5.21 Å². The number of aromatic nitrogens is 5. The van der Waals surface area contributed by atoms with E-state index in [0.29, 0.717) is 5.92 Å². The second-order valence-corrected chi connectivity index (χ2v) is 8.06. The Balaban J connectivity index is 1.27. The van der Waals surface area contributed by atoms with Crippen LogP contribution in [-0.4, -0.2) is 50.6 Å². The van der Waals surface area contributed by atoms with Gasteiger partial charge in [0.25, 0.3) is 0 Å². The molecule has 3 aromatic rings. The van der Waals surface area contributed by atoms with Crippen molar-refractivity contribution in [1.29, 1.82) is 0 Å². The maximum Gasteiger partial charge on any atom is 0.141 e. The summed E-state index contributed by atoms with van der Waals surface area (Å²) in [6.45, 7) is 1.96. The molecule has 2 aliphatic carbocycles. The van der Waals surface area contributed by atoms with E-state index in [0.717, 1.165) is 41.3 Å². The van der Waals surface area contributed by atoms with Crippen LogP contribution in [0.15, 0.2) is 18.6 Å². The second kappa shape index (κ2) is 6.32. The molecule has 0 atom stereocenters. The lowest BCUT2D eigenvalue weighted by Crippen LogP contribution is -2.39. The number of H-pyrrole nitrogens is 1. The summed E-state index contributed by atoms with van der Waals surface area (Å²) in [4.78, 5) is 7.58. The quantitative estimate of drug-likeness (QED) is 0.711. The molecule has 0 spiro atoms. The Bertz CT molecular complexity index is 903. The summed E-state index contributed by atoms with van der Waals surface area (Å²) in [5, 5.41) is 13.7.